The number of carbonyl (C=O) groups excluding carboxylic acids is 1. The number of likely N-dealkylation sites (tertiary alicyclic amines) is 1. The highest BCUT2D eigenvalue weighted by molar-refractivity contribution is 5.94. The Morgan fingerprint density at radius 1 is 1.15 bits per heavy atom. The number of piperidine rings is 1. The molecule has 2 unspecified atom stereocenters. The second-order valence-corrected chi connectivity index (χ2v) is 7.39. The van der Waals surface area contributed by atoms with Crippen molar-refractivity contribution in [1.82, 2.24) is 24.6 Å². The average Bonchev–Trinajstić information content (AvgIpc) is 3.01. The maximum Gasteiger partial charge on any atom is 0.239 e. The largest absolute Gasteiger partial charge is 0.310 e. The van der Waals surface area contributed by atoms with E-state index in [2.05, 4.69) is 25.3 Å². The molecule has 1 aliphatic carbocycles. The topological polar surface area (TPSA) is 75.9 Å². The number of fused-ring (bicyclic) bond motifs is 2. The summed E-state index contributed by atoms with van der Waals surface area (Å²) < 4.78 is 1.75. The third-order valence-corrected chi connectivity index (χ3v) is 5.29. The van der Waals surface area contributed by atoms with Gasteiger partial charge >= 0.3 is 0 Å². The van der Waals surface area contributed by atoms with Crippen LogP contribution in [0, 0.1) is 11.8 Å². The molecule has 3 aromatic rings. The van der Waals surface area contributed by atoms with E-state index in [1.807, 2.05) is 25.4 Å². The first-order valence-corrected chi connectivity index (χ1v) is 8.91. The van der Waals surface area contributed by atoms with Gasteiger partial charge in [0.15, 0.2) is 0 Å². The highest BCUT2D eigenvalue weighted by Crippen LogP contribution is 2.44. The molecule has 3 aromatic heterocycles. The number of hydrogen-bond acceptors (Lipinski definition) is 5. The van der Waals surface area contributed by atoms with Crippen LogP contribution >= 0.6 is 0 Å². The Labute approximate surface area is 151 Å². The van der Waals surface area contributed by atoms with Gasteiger partial charge in [0, 0.05) is 49.7 Å². The Balaban J connectivity index is 1.33. The summed E-state index contributed by atoms with van der Waals surface area (Å²) in [4.78, 5) is 23.4. The van der Waals surface area contributed by atoms with E-state index in [0.717, 1.165) is 47.0 Å². The van der Waals surface area contributed by atoms with Crippen LogP contribution < -0.4 is 5.32 Å². The van der Waals surface area contributed by atoms with Crippen molar-refractivity contribution in [3.63, 3.8) is 0 Å². The molecule has 4 heterocycles. The van der Waals surface area contributed by atoms with Gasteiger partial charge in [0.2, 0.25) is 5.91 Å². The number of amides is 1. The molecule has 7 heteroatoms. The molecule has 1 saturated heterocycles. The van der Waals surface area contributed by atoms with Gasteiger partial charge in [-0.3, -0.25) is 19.4 Å². The molecule has 2 fully saturated rings. The normalized spacial score (nSPS) is 21.7. The van der Waals surface area contributed by atoms with Crippen molar-refractivity contribution < 1.29 is 4.79 Å². The fourth-order valence-electron chi connectivity index (χ4n) is 3.83. The minimum atomic E-state index is -0.000288. The minimum Gasteiger partial charge on any atom is -0.310 e. The van der Waals surface area contributed by atoms with Crippen LogP contribution in [0.5, 0.6) is 0 Å². The molecule has 132 valence electrons. The standard InChI is InChI=1S/C19H20N6O/c1-24-8-16(7-22-24)17-3-12-4-18(21-6-15(12)5-20-17)23-19(26)11-25-9-13-2-14(13)10-25/h3-8,13-14H,2,9-11H2,1H3,(H,21,23,26). The van der Waals surface area contributed by atoms with Gasteiger partial charge in [0.1, 0.15) is 5.82 Å². The number of nitrogens with zero attached hydrogens (tertiary/aromatic N) is 5. The first kappa shape index (κ1) is 15.5. The summed E-state index contributed by atoms with van der Waals surface area (Å²) in [7, 11) is 1.88. The third-order valence-electron chi connectivity index (χ3n) is 5.29. The lowest BCUT2D eigenvalue weighted by Crippen LogP contribution is -2.32. The van der Waals surface area contributed by atoms with E-state index < -0.39 is 0 Å². The molecule has 0 aromatic carbocycles. The van der Waals surface area contributed by atoms with E-state index in [1.165, 1.54) is 6.42 Å². The number of nitrogens with one attached hydrogen (secondary N) is 1. The maximum atomic E-state index is 12.3. The molecule has 0 spiro atoms. The van der Waals surface area contributed by atoms with Crippen LogP contribution in [0.4, 0.5) is 5.82 Å². The van der Waals surface area contributed by atoms with Gasteiger partial charge in [-0.1, -0.05) is 0 Å². The zero-order chi connectivity index (χ0) is 17.7. The van der Waals surface area contributed by atoms with Crippen LogP contribution in [0.2, 0.25) is 0 Å². The van der Waals surface area contributed by atoms with E-state index >= 15 is 0 Å². The van der Waals surface area contributed by atoms with Gasteiger partial charge in [-0.05, 0) is 35.8 Å². The highest BCUT2D eigenvalue weighted by Gasteiger charge is 2.45. The Kier molecular flexibility index (Phi) is 3.49. The molecule has 1 amide bonds. The zero-order valence-corrected chi connectivity index (χ0v) is 14.6. The Hall–Kier alpha value is -2.80. The number of aromatic nitrogens is 4. The van der Waals surface area contributed by atoms with Crippen molar-refractivity contribution in [2.45, 2.75) is 6.42 Å². The molecule has 2 aliphatic rings. The second kappa shape index (κ2) is 5.88. The third kappa shape index (κ3) is 2.94. The minimum absolute atomic E-state index is 0.000288. The lowest BCUT2D eigenvalue weighted by Gasteiger charge is -2.16. The smallest absolute Gasteiger partial charge is 0.239 e. The van der Waals surface area contributed by atoms with E-state index in [0.29, 0.717) is 12.4 Å². The predicted octanol–water partition coefficient (Wildman–Crippen LogP) is 1.92. The number of aryl methyl sites for hydroxylation is 1. The summed E-state index contributed by atoms with van der Waals surface area (Å²) in [5.74, 6) is 2.25. The average molecular weight is 348 g/mol. The molecule has 5 rings (SSSR count). The van der Waals surface area contributed by atoms with Gasteiger partial charge in [0.25, 0.3) is 0 Å². The molecule has 1 saturated carbocycles. The van der Waals surface area contributed by atoms with E-state index in [1.54, 1.807) is 23.3 Å². The Morgan fingerprint density at radius 3 is 2.73 bits per heavy atom. The van der Waals surface area contributed by atoms with Crippen LogP contribution in [0.1, 0.15) is 6.42 Å². The van der Waals surface area contributed by atoms with Gasteiger partial charge < -0.3 is 5.32 Å². The van der Waals surface area contributed by atoms with E-state index in [-0.39, 0.29) is 5.91 Å². The highest BCUT2D eigenvalue weighted by atomic mass is 16.2. The van der Waals surface area contributed by atoms with Crippen molar-refractivity contribution >= 4 is 22.5 Å². The number of carbonyl (C=O) groups is 1. The molecule has 1 N–H and O–H groups in total. The number of pyridine rings is 2. The monoisotopic (exact) mass is 348 g/mol. The lowest BCUT2D eigenvalue weighted by molar-refractivity contribution is -0.117. The molecule has 1 aliphatic heterocycles. The van der Waals surface area contributed by atoms with E-state index in [9.17, 15) is 4.79 Å². The van der Waals surface area contributed by atoms with Gasteiger partial charge in [-0.25, -0.2) is 4.98 Å². The molecular formula is C19H20N6O. The fourth-order valence-corrected chi connectivity index (χ4v) is 3.83. The molecule has 7 nitrogen and oxygen atoms in total. The van der Waals surface area contributed by atoms with Gasteiger partial charge in [-0.2, -0.15) is 5.10 Å². The van der Waals surface area contributed by atoms with Crippen molar-refractivity contribution in [2.75, 3.05) is 25.0 Å². The van der Waals surface area contributed by atoms with Crippen molar-refractivity contribution in [2.24, 2.45) is 18.9 Å². The van der Waals surface area contributed by atoms with Crippen LogP contribution in [0.15, 0.2) is 36.9 Å². The van der Waals surface area contributed by atoms with Crippen molar-refractivity contribution in [1.29, 1.82) is 0 Å². The summed E-state index contributed by atoms with van der Waals surface area (Å²) in [6, 6.07) is 3.90. The molecule has 2 atom stereocenters. The molecule has 0 bridgehead atoms. The lowest BCUT2D eigenvalue weighted by atomic mass is 10.1. The zero-order valence-electron chi connectivity index (χ0n) is 14.6. The summed E-state index contributed by atoms with van der Waals surface area (Å²) in [5.41, 5.74) is 1.81. The number of anilines is 1. The maximum absolute atomic E-state index is 12.3. The van der Waals surface area contributed by atoms with Crippen LogP contribution in [-0.4, -0.2) is 50.2 Å². The Bertz CT molecular complexity index is 987. The summed E-state index contributed by atoms with van der Waals surface area (Å²) >= 11 is 0. The molecule has 0 radical (unpaired) electrons. The first-order chi connectivity index (χ1) is 12.6. The van der Waals surface area contributed by atoms with E-state index in [4.69, 9.17) is 0 Å². The van der Waals surface area contributed by atoms with Gasteiger partial charge in [-0.15, -0.1) is 0 Å². The molecule has 26 heavy (non-hydrogen) atoms. The summed E-state index contributed by atoms with van der Waals surface area (Å²) in [6.45, 7) is 2.57. The SMILES string of the molecule is Cn1cc(-c2cc3cc(NC(=O)CN4CC5CC5C4)ncc3cn2)cn1. The first-order valence-electron chi connectivity index (χ1n) is 8.91. The second-order valence-electron chi connectivity index (χ2n) is 7.39. The Morgan fingerprint density at radius 2 is 1.96 bits per heavy atom. The van der Waals surface area contributed by atoms with Crippen molar-refractivity contribution in [3.05, 3.63) is 36.9 Å². The van der Waals surface area contributed by atoms with Crippen LogP contribution in [0.3, 0.4) is 0 Å². The summed E-state index contributed by atoms with van der Waals surface area (Å²) in [5, 5.41) is 9.05. The fraction of sp³-hybridized carbons (Fsp3) is 0.368. The summed E-state index contributed by atoms with van der Waals surface area (Å²) in [6.07, 6.45) is 8.61. The number of rotatable bonds is 4. The predicted molar refractivity (Wildman–Crippen MR) is 98.4 cm³/mol. The quantitative estimate of drug-likeness (QED) is 0.780. The molecular weight excluding hydrogens is 328 g/mol. The van der Waals surface area contributed by atoms with Crippen LogP contribution in [0.25, 0.3) is 22.0 Å². The number of hydrogen-bond donors (Lipinski definition) is 1. The van der Waals surface area contributed by atoms with Gasteiger partial charge in [0.05, 0.1) is 18.4 Å². The van der Waals surface area contributed by atoms with Crippen LogP contribution in [-0.2, 0) is 11.8 Å². The van der Waals surface area contributed by atoms with Crippen molar-refractivity contribution in [3.8, 4) is 11.3 Å².